The van der Waals surface area contributed by atoms with E-state index in [1.54, 1.807) is 6.07 Å². The number of hydrogen-bond donors (Lipinski definition) is 0. The van der Waals surface area contributed by atoms with Crippen molar-refractivity contribution >= 4 is 22.2 Å². The Hall–Kier alpha value is -1.09. The van der Waals surface area contributed by atoms with Gasteiger partial charge in [0.1, 0.15) is 5.75 Å². The van der Waals surface area contributed by atoms with E-state index in [2.05, 4.69) is 22.5 Å². The molecule has 0 heterocycles. The van der Waals surface area contributed by atoms with Gasteiger partial charge < -0.3 is 4.74 Å². The Bertz CT molecular complexity index is 386. The van der Waals surface area contributed by atoms with Gasteiger partial charge in [-0.05, 0) is 37.5 Å². The molecule has 86 valence electrons. The van der Waals surface area contributed by atoms with Crippen molar-refractivity contribution in [2.75, 3.05) is 6.61 Å². The van der Waals surface area contributed by atoms with E-state index in [1.807, 2.05) is 19.1 Å². The standard InChI is InChI=1S/C13H15BrO2/c1-3-4-5-6-16-13-10(2)7-12(14)8-11(13)9-15/h3,7-9H,1,4-6H2,2H3. The van der Waals surface area contributed by atoms with Crippen LogP contribution in [0.3, 0.4) is 0 Å². The highest BCUT2D eigenvalue weighted by Gasteiger charge is 2.07. The summed E-state index contributed by atoms with van der Waals surface area (Å²) >= 11 is 3.35. The van der Waals surface area contributed by atoms with Gasteiger partial charge in [0.2, 0.25) is 0 Å². The number of halogens is 1. The van der Waals surface area contributed by atoms with E-state index in [9.17, 15) is 4.79 Å². The summed E-state index contributed by atoms with van der Waals surface area (Å²) in [5.41, 5.74) is 1.56. The van der Waals surface area contributed by atoms with E-state index in [-0.39, 0.29) is 0 Å². The number of hydrogen-bond acceptors (Lipinski definition) is 2. The molecule has 3 heteroatoms. The molecule has 0 saturated heterocycles. The van der Waals surface area contributed by atoms with Crippen molar-refractivity contribution in [2.45, 2.75) is 19.8 Å². The summed E-state index contributed by atoms with van der Waals surface area (Å²) in [6.45, 7) is 6.19. The highest BCUT2D eigenvalue weighted by molar-refractivity contribution is 9.10. The van der Waals surface area contributed by atoms with Gasteiger partial charge in [0.15, 0.2) is 6.29 Å². The maximum Gasteiger partial charge on any atom is 0.153 e. The number of rotatable bonds is 6. The monoisotopic (exact) mass is 282 g/mol. The zero-order valence-electron chi connectivity index (χ0n) is 9.33. The molecule has 1 aromatic carbocycles. The number of benzene rings is 1. The minimum atomic E-state index is 0.588. The lowest BCUT2D eigenvalue weighted by atomic mass is 10.1. The van der Waals surface area contributed by atoms with Crippen LogP contribution in [0.2, 0.25) is 0 Å². The van der Waals surface area contributed by atoms with Crippen LogP contribution in [-0.4, -0.2) is 12.9 Å². The third-order valence-electron chi connectivity index (χ3n) is 2.19. The average Bonchev–Trinajstić information content (AvgIpc) is 2.26. The molecule has 0 radical (unpaired) electrons. The van der Waals surface area contributed by atoms with Crippen LogP contribution in [0.1, 0.15) is 28.8 Å². The zero-order chi connectivity index (χ0) is 12.0. The van der Waals surface area contributed by atoms with Crippen LogP contribution in [0.5, 0.6) is 5.75 Å². The van der Waals surface area contributed by atoms with E-state index in [0.29, 0.717) is 17.9 Å². The van der Waals surface area contributed by atoms with Gasteiger partial charge in [0.25, 0.3) is 0 Å². The van der Waals surface area contributed by atoms with Crippen molar-refractivity contribution in [3.05, 3.63) is 40.4 Å². The topological polar surface area (TPSA) is 26.3 Å². The molecule has 0 aromatic heterocycles. The highest BCUT2D eigenvalue weighted by atomic mass is 79.9. The maximum atomic E-state index is 10.9. The third kappa shape index (κ3) is 3.49. The quantitative estimate of drug-likeness (QED) is 0.449. The normalized spacial score (nSPS) is 9.88. The van der Waals surface area contributed by atoms with Gasteiger partial charge in [-0.15, -0.1) is 6.58 Å². The Morgan fingerprint density at radius 2 is 2.25 bits per heavy atom. The van der Waals surface area contributed by atoms with Crippen LogP contribution in [0.25, 0.3) is 0 Å². The second-order valence-corrected chi connectivity index (χ2v) is 4.45. The van der Waals surface area contributed by atoms with Gasteiger partial charge in [0, 0.05) is 4.47 Å². The van der Waals surface area contributed by atoms with Crippen LogP contribution in [-0.2, 0) is 0 Å². The molecule has 0 unspecified atom stereocenters. The summed E-state index contributed by atoms with van der Waals surface area (Å²) in [6, 6.07) is 3.71. The Morgan fingerprint density at radius 3 is 2.88 bits per heavy atom. The van der Waals surface area contributed by atoms with Crippen molar-refractivity contribution in [1.29, 1.82) is 0 Å². The lowest BCUT2D eigenvalue weighted by Gasteiger charge is -2.11. The van der Waals surface area contributed by atoms with Crippen molar-refractivity contribution in [3.63, 3.8) is 0 Å². The zero-order valence-corrected chi connectivity index (χ0v) is 10.9. The molecule has 0 atom stereocenters. The molecular formula is C13H15BrO2. The van der Waals surface area contributed by atoms with Crippen LogP contribution < -0.4 is 4.74 Å². The largest absolute Gasteiger partial charge is 0.493 e. The maximum absolute atomic E-state index is 10.9. The smallest absolute Gasteiger partial charge is 0.153 e. The highest BCUT2D eigenvalue weighted by Crippen LogP contribution is 2.27. The first-order valence-corrected chi connectivity index (χ1v) is 5.97. The summed E-state index contributed by atoms with van der Waals surface area (Å²) in [5, 5.41) is 0. The van der Waals surface area contributed by atoms with Gasteiger partial charge in [-0.25, -0.2) is 0 Å². The first kappa shape index (κ1) is 13.0. The third-order valence-corrected chi connectivity index (χ3v) is 2.65. The minimum Gasteiger partial charge on any atom is -0.493 e. The Balaban J connectivity index is 2.77. The molecule has 0 aliphatic carbocycles. The second kappa shape index (κ2) is 6.48. The number of carbonyl (C=O) groups is 1. The molecule has 0 amide bonds. The van der Waals surface area contributed by atoms with Crippen molar-refractivity contribution in [1.82, 2.24) is 0 Å². The first-order valence-electron chi connectivity index (χ1n) is 5.18. The summed E-state index contributed by atoms with van der Waals surface area (Å²) < 4.78 is 6.51. The molecule has 16 heavy (non-hydrogen) atoms. The Labute approximate surface area is 104 Å². The molecular weight excluding hydrogens is 268 g/mol. The fraction of sp³-hybridized carbons (Fsp3) is 0.308. The molecule has 0 aliphatic heterocycles. The second-order valence-electron chi connectivity index (χ2n) is 3.54. The molecule has 1 aromatic rings. The van der Waals surface area contributed by atoms with E-state index < -0.39 is 0 Å². The first-order chi connectivity index (χ1) is 7.69. The van der Waals surface area contributed by atoms with Gasteiger partial charge in [-0.2, -0.15) is 0 Å². The molecule has 0 saturated carbocycles. The van der Waals surface area contributed by atoms with Gasteiger partial charge in [-0.3, -0.25) is 4.79 Å². The molecule has 0 spiro atoms. The molecule has 0 bridgehead atoms. The Kier molecular flexibility index (Phi) is 5.26. The lowest BCUT2D eigenvalue weighted by molar-refractivity contribution is 0.111. The number of allylic oxidation sites excluding steroid dienone is 1. The molecule has 0 fully saturated rings. The van der Waals surface area contributed by atoms with E-state index >= 15 is 0 Å². The van der Waals surface area contributed by atoms with Crippen molar-refractivity contribution < 1.29 is 9.53 Å². The number of aryl methyl sites for hydroxylation is 1. The summed E-state index contributed by atoms with van der Waals surface area (Å²) in [4.78, 5) is 10.9. The van der Waals surface area contributed by atoms with Crippen LogP contribution >= 0.6 is 15.9 Å². The van der Waals surface area contributed by atoms with E-state index in [4.69, 9.17) is 4.74 Å². The van der Waals surface area contributed by atoms with Crippen molar-refractivity contribution in [2.24, 2.45) is 0 Å². The molecule has 1 rings (SSSR count). The fourth-order valence-corrected chi connectivity index (χ4v) is 2.03. The number of ether oxygens (including phenoxy) is 1. The molecule has 0 N–H and O–H groups in total. The van der Waals surface area contributed by atoms with Crippen LogP contribution in [0, 0.1) is 6.92 Å². The number of carbonyl (C=O) groups excluding carboxylic acids is 1. The average molecular weight is 283 g/mol. The summed E-state index contributed by atoms with van der Waals surface area (Å²) in [5.74, 6) is 0.683. The predicted octanol–water partition coefficient (Wildman–Crippen LogP) is 3.92. The molecule has 2 nitrogen and oxygen atoms in total. The summed E-state index contributed by atoms with van der Waals surface area (Å²) in [7, 11) is 0. The number of aldehydes is 1. The fourth-order valence-electron chi connectivity index (χ4n) is 1.44. The van der Waals surface area contributed by atoms with Gasteiger partial charge in [0.05, 0.1) is 12.2 Å². The minimum absolute atomic E-state index is 0.588. The SMILES string of the molecule is C=CCCCOc1c(C)cc(Br)cc1C=O. The van der Waals surface area contributed by atoms with Gasteiger partial charge >= 0.3 is 0 Å². The van der Waals surface area contributed by atoms with Crippen molar-refractivity contribution in [3.8, 4) is 5.75 Å². The van der Waals surface area contributed by atoms with Crippen LogP contribution in [0.4, 0.5) is 0 Å². The number of unbranched alkanes of at least 4 members (excludes halogenated alkanes) is 1. The van der Waals surface area contributed by atoms with Crippen LogP contribution in [0.15, 0.2) is 29.3 Å². The van der Waals surface area contributed by atoms with Gasteiger partial charge in [-0.1, -0.05) is 22.0 Å². The Morgan fingerprint density at radius 1 is 1.50 bits per heavy atom. The molecule has 0 aliphatic rings. The predicted molar refractivity (Wildman–Crippen MR) is 69.2 cm³/mol. The van der Waals surface area contributed by atoms with E-state index in [0.717, 1.165) is 29.2 Å². The van der Waals surface area contributed by atoms with E-state index in [1.165, 1.54) is 0 Å². The lowest BCUT2D eigenvalue weighted by Crippen LogP contribution is -2.01. The summed E-state index contributed by atoms with van der Waals surface area (Å²) in [6.07, 6.45) is 4.52.